The van der Waals surface area contributed by atoms with E-state index in [2.05, 4.69) is 27.9 Å². The van der Waals surface area contributed by atoms with E-state index in [1.807, 2.05) is 44.2 Å². The fraction of sp³-hybridized carbons (Fsp3) is 0.318. The van der Waals surface area contributed by atoms with Crippen molar-refractivity contribution in [1.82, 2.24) is 5.32 Å². The van der Waals surface area contributed by atoms with Gasteiger partial charge in [-0.05, 0) is 55.9 Å². The lowest BCUT2D eigenvalue weighted by atomic mass is 9.88. The molecule has 2 amide bonds. The first kappa shape index (κ1) is 19.6. The molecule has 1 aliphatic carbocycles. The molecular weight excluding hydrogens is 354 g/mol. The molecule has 0 saturated carbocycles. The summed E-state index contributed by atoms with van der Waals surface area (Å²) < 4.78 is 0. The van der Waals surface area contributed by atoms with Gasteiger partial charge in [0.25, 0.3) is 11.8 Å². The molecule has 0 bridgehead atoms. The summed E-state index contributed by atoms with van der Waals surface area (Å²) in [6, 6.07) is 13.9. The minimum absolute atomic E-state index is 0.00200. The summed E-state index contributed by atoms with van der Waals surface area (Å²) in [5.41, 5.74) is 5.25. The number of aryl methyl sites for hydroxylation is 3. The van der Waals surface area contributed by atoms with E-state index in [4.69, 9.17) is 4.84 Å². The average Bonchev–Trinajstić information content (AvgIpc) is 2.68. The van der Waals surface area contributed by atoms with E-state index in [1.165, 1.54) is 11.1 Å². The van der Waals surface area contributed by atoms with Gasteiger partial charge in [0.15, 0.2) is 6.61 Å². The molecule has 0 radical (unpaired) electrons. The second-order valence-electron chi connectivity index (χ2n) is 7.03. The van der Waals surface area contributed by atoms with E-state index in [1.54, 1.807) is 0 Å². The van der Waals surface area contributed by atoms with Crippen molar-refractivity contribution in [3.05, 3.63) is 64.7 Å². The maximum atomic E-state index is 12.1. The van der Waals surface area contributed by atoms with Gasteiger partial charge in [-0.1, -0.05) is 47.1 Å². The third-order valence-corrected chi connectivity index (χ3v) is 4.78. The molecule has 1 atom stereocenters. The van der Waals surface area contributed by atoms with Crippen LogP contribution in [0.4, 0.5) is 5.69 Å². The number of carbonyl (C=O) groups excluding carboxylic acids is 2. The van der Waals surface area contributed by atoms with Gasteiger partial charge in [0.05, 0.1) is 6.04 Å². The second kappa shape index (κ2) is 9.17. The number of hydrogen-bond donors (Lipinski definition) is 2. The Labute approximate surface area is 165 Å². The van der Waals surface area contributed by atoms with Crippen LogP contribution in [-0.2, 0) is 20.8 Å². The molecule has 2 aromatic carbocycles. The lowest BCUT2D eigenvalue weighted by Crippen LogP contribution is -2.33. The largest absolute Gasteiger partial charge is 0.386 e. The zero-order valence-electron chi connectivity index (χ0n) is 16.2. The molecule has 0 unspecified atom stereocenters. The highest BCUT2D eigenvalue weighted by molar-refractivity contribution is 6.31. The van der Waals surface area contributed by atoms with Gasteiger partial charge >= 0.3 is 0 Å². The Balaban J connectivity index is 1.44. The Bertz CT molecular complexity index is 892. The summed E-state index contributed by atoms with van der Waals surface area (Å²) >= 11 is 0. The van der Waals surface area contributed by atoms with Crippen molar-refractivity contribution in [3.63, 3.8) is 0 Å². The molecule has 6 nitrogen and oxygen atoms in total. The van der Waals surface area contributed by atoms with Crippen molar-refractivity contribution in [2.45, 2.75) is 39.2 Å². The number of fused-ring (bicyclic) bond motifs is 1. The van der Waals surface area contributed by atoms with Crippen molar-refractivity contribution in [3.8, 4) is 0 Å². The van der Waals surface area contributed by atoms with E-state index in [-0.39, 0.29) is 18.6 Å². The number of carbonyl (C=O) groups is 2. The Morgan fingerprint density at radius 2 is 2.04 bits per heavy atom. The SMILES string of the molecule is Cc1ccc(NC(=O)/C=N\OCC(=O)N[C@@H]2CCCc3ccccc32)c(C)c1. The van der Waals surface area contributed by atoms with Crippen molar-refractivity contribution >= 4 is 23.7 Å². The number of amides is 2. The smallest absolute Gasteiger partial charge is 0.270 e. The molecule has 0 fully saturated rings. The topological polar surface area (TPSA) is 79.8 Å². The highest BCUT2D eigenvalue weighted by atomic mass is 16.6. The summed E-state index contributed by atoms with van der Waals surface area (Å²) in [7, 11) is 0. The molecule has 2 aromatic rings. The Kier molecular flexibility index (Phi) is 6.42. The molecule has 3 rings (SSSR count). The van der Waals surface area contributed by atoms with E-state index in [0.717, 1.165) is 42.3 Å². The molecule has 2 N–H and O–H groups in total. The third-order valence-electron chi connectivity index (χ3n) is 4.78. The standard InChI is InChI=1S/C22H25N3O3/c1-15-10-11-19(16(2)12-15)24-21(26)13-23-28-14-22(27)25-20-9-5-7-17-6-3-4-8-18(17)20/h3-4,6,8,10-13,20H,5,7,9,14H2,1-2H3,(H,24,26)(H,25,27)/b23-13-/t20-/m1/s1. The summed E-state index contributed by atoms with van der Waals surface area (Å²) in [6.07, 6.45) is 4.02. The zero-order chi connectivity index (χ0) is 19.9. The first-order chi connectivity index (χ1) is 13.5. The highest BCUT2D eigenvalue weighted by Gasteiger charge is 2.21. The molecule has 0 saturated heterocycles. The molecule has 0 aromatic heterocycles. The van der Waals surface area contributed by atoms with Gasteiger partial charge in [0, 0.05) is 5.69 Å². The maximum absolute atomic E-state index is 12.1. The average molecular weight is 379 g/mol. The van der Waals surface area contributed by atoms with E-state index < -0.39 is 5.91 Å². The molecule has 6 heteroatoms. The number of nitrogens with zero attached hydrogens (tertiary/aromatic N) is 1. The van der Waals surface area contributed by atoms with Crippen molar-refractivity contribution in [2.75, 3.05) is 11.9 Å². The fourth-order valence-electron chi connectivity index (χ4n) is 3.44. The van der Waals surface area contributed by atoms with Crippen LogP contribution in [0.1, 0.15) is 41.1 Å². The second-order valence-corrected chi connectivity index (χ2v) is 7.03. The number of oxime groups is 1. The van der Waals surface area contributed by atoms with Crippen molar-refractivity contribution < 1.29 is 14.4 Å². The van der Waals surface area contributed by atoms with Crippen LogP contribution in [0.3, 0.4) is 0 Å². The van der Waals surface area contributed by atoms with Crippen LogP contribution >= 0.6 is 0 Å². The number of benzene rings is 2. The first-order valence-corrected chi connectivity index (χ1v) is 9.43. The lowest BCUT2D eigenvalue weighted by Gasteiger charge is -2.26. The van der Waals surface area contributed by atoms with E-state index in [0.29, 0.717) is 0 Å². The molecule has 0 heterocycles. The predicted molar refractivity (Wildman–Crippen MR) is 109 cm³/mol. The first-order valence-electron chi connectivity index (χ1n) is 9.43. The fourth-order valence-corrected chi connectivity index (χ4v) is 3.44. The van der Waals surface area contributed by atoms with Crippen LogP contribution in [-0.4, -0.2) is 24.6 Å². The summed E-state index contributed by atoms with van der Waals surface area (Å²) in [4.78, 5) is 29.0. The number of rotatable bonds is 6. The van der Waals surface area contributed by atoms with Gasteiger partial charge in [-0.3, -0.25) is 9.59 Å². The van der Waals surface area contributed by atoms with Gasteiger partial charge in [0.1, 0.15) is 6.21 Å². The molecule has 0 aliphatic heterocycles. The predicted octanol–water partition coefficient (Wildman–Crippen LogP) is 3.44. The zero-order valence-corrected chi connectivity index (χ0v) is 16.2. The summed E-state index contributed by atoms with van der Waals surface area (Å²) in [5.74, 6) is -0.665. The molecule has 1 aliphatic rings. The van der Waals surface area contributed by atoms with Gasteiger partial charge in [-0.15, -0.1) is 0 Å². The minimum Gasteiger partial charge on any atom is -0.386 e. The van der Waals surface area contributed by atoms with E-state index in [9.17, 15) is 9.59 Å². The third kappa shape index (κ3) is 5.19. The van der Waals surface area contributed by atoms with E-state index >= 15 is 0 Å². The molecular formula is C22H25N3O3. The van der Waals surface area contributed by atoms with Crippen LogP contribution < -0.4 is 10.6 Å². The van der Waals surface area contributed by atoms with Crippen LogP contribution in [0.5, 0.6) is 0 Å². The van der Waals surface area contributed by atoms with Crippen LogP contribution in [0, 0.1) is 13.8 Å². The Morgan fingerprint density at radius 3 is 2.86 bits per heavy atom. The normalized spacial score (nSPS) is 15.7. The number of anilines is 1. The summed E-state index contributed by atoms with van der Waals surface area (Å²) in [6.45, 7) is 3.68. The molecule has 0 spiro atoms. The Morgan fingerprint density at radius 1 is 1.21 bits per heavy atom. The van der Waals surface area contributed by atoms with Crippen LogP contribution in [0.2, 0.25) is 0 Å². The monoisotopic (exact) mass is 379 g/mol. The highest BCUT2D eigenvalue weighted by Crippen LogP contribution is 2.29. The van der Waals surface area contributed by atoms with Gasteiger partial charge in [0.2, 0.25) is 0 Å². The lowest BCUT2D eigenvalue weighted by molar-refractivity contribution is -0.126. The van der Waals surface area contributed by atoms with Gasteiger partial charge < -0.3 is 15.5 Å². The number of nitrogens with one attached hydrogen (secondary N) is 2. The molecule has 146 valence electrons. The summed E-state index contributed by atoms with van der Waals surface area (Å²) in [5, 5.41) is 9.30. The Hall–Kier alpha value is -3.15. The van der Waals surface area contributed by atoms with Crippen LogP contribution in [0.25, 0.3) is 0 Å². The van der Waals surface area contributed by atoms with Gasteiger partial charge in [-0.25, -0.2) is 0 Å². The maximum Gasteiger partial charge on any atom is 0.270 e. The number of hydrogen-bond acceptors (Lipinski definition) is 4. The van der Waals surface area contributed by atoms with Gasteiger partial charge in [-0.2, -0.15) is 0 Å². The molecule has 28 heavy (non-hydrogen) atoms. The van der Waals surface area contributed by atoms with Crippen molar-refractivity contribution in [1.29, 1.82) is 0 Å². The van der Waals surface area contributed by atoms with Crippen molar-refractivity contribution in [2.24, 2.45) is 5.16 Å². The quantitative estimate of drug-likeness (QED) is 0.596. The minimum atomic E-state index is -0.409. The van der Waals surface area contributed by atoms with Crippen LogP contribution in [0.15, 0.2) is 47.6 Å².